The molecule has 4 rings (SSSR count). The van der Waals surface area contributed by atoms with Crippen LogP contribution in [0.1, 0.15) is 11.1 Å². The minimum atomic E-state index is 0.348. The van der Waals surface area contributed by atoms with Crippen LogP contribution in [0.5, 0.6) is 11.6 Å². The summed E-state index contributed by atoms with van der Waals surface area (Å²) in [5.74, 6) is 0.871. The monoisotopic (exact) mass is 402 g/mol. The van der Waals surface area contributed by atoms with E-state index in [2.05, 4.69) is 10.2 Å². The number of rotatable bonds is 7. The van der Waals surface area contributed by atoms with Crippen LogP contribution < -0.4 is 9.47 Å². The van der Waals surface area contributed by atoms with E-state index in [0.717, 1.165) is 16.7 Å². The third-order valence-electron chi connectivity index (χ3n) is 4.33. The normalized spacial score (nSPS) is 10.5. The molecule has 3 aromatic carbocycles. The Morgan fingerprint density at radius 2 is 1.24 bits per heavy atom. The van der Waals surface area contributed by atoms with Gasteiger partial charge in [0.15, 0.2) is 5.75 Å². The third-order valence-corrected chi connectivity index (χ3v) is 4.66. The highest BCUT2D eigenvalue weighted by molar-refractivity contribution is 6.33. The van der Waals surface area contributed by atoms with Crippen LogP contribution in [0.2, 0.25) is 5.02 Å². The van der Waals surface area contributed by atoms with E-state index in [1.807, 2.05) is 91.0 Å². The first-order chi connectivity index (χ1) is 14.3. The Bertz CT molecular complexity index is 1070. The van der Waals surface area contributed by atoms with E-state index < -0.39 is 0 Å². The predicted molar refractivity (Wildman–Crippen MR) is 114 cm³/mol. The van der Waals surface area contributed by atoms with Gasteiger partial charge in [0.2, 0.25) is 0 Å². The maximum atomic E-state index is 6.33. The van der Waals surface area contributed by atoms with Crippen LogP contribution in [0.15, 0.2) is 91.0 Å². The minimum Gasteiger partial charge on any atom is -0.483 e. The second kappa shape index (κ2) is 9.22. The van der Waals surface area contributed by atoms with E-state index in [0.29, 0.717) is 35.6 Å². The lowest BCUT2D eigenvalue weighted by Crippen LogP contribution is -2.04. The molecule has 1 aromatic heterocycles. The van der Waals surface area contributed by atoms with Gasteiger partial charge >= 0.3 is 0 Å². The van der Waals surface area contributed by atoms with Gasteiger partial charge in [-0.1, -0.05) is 90.5 Å². The fourth-order valence-electron chi connectivity index (χ4n) is 2.83. The molecule has 0 saturated heterocycles. The van der Waals surface area contributed by atoms with Gasteiger partial charge in [-0.05, 0) is 17.2 Å². The molecule has 0 spiro atoms. The lowest BCUT2D eigenvalue weighted by atomic mass is 10.1. The van der Waals surface area contributed by atoms with Gasteiger partial charge in [-0.15, -0.1) is 10.2 Å². The van der Waals surface area contributed by atoms with Gasteiger partial charge in [-0.25, -0.2) is 0 Å². The van der Waals surface area contributed by atoms with Crippen molar-refractivity contribution in [2.75, 3.05) is 0 Å². The average molecular weight is 403 g/mol. The van der Waals surface area contributed by atoms with Crippen molar-refractivity contribution in [1.82, 2.24) is 10.2 Å². The van der Waals surface area contributed by atoms with Gasteiger partial charge < -0.3 is 9.47 Å². The minimum absolute atomic E-state index is 0.348. The van der Waals surface area contributed by atoms with E-state index in [-0.39, 0.29) is 0 Å². The van der Waals surface area contributed by atoms with Crippen LogP contribution in [-0.4, -0.2) is 10.2 Å². The molecule has 0 aliphatic carbocycles. The van der Waals surface area contributed by atoms with Gasteiger partial charge in [0, 0.05) is 11.6 Å². The molecule has 5 heteroatoms. The summed E-state index contributed by atoms with van der Waals surface area (Å²) in [6.07, 6.45) is 0. The number of ether oxygens (including phenoxy) is 2. The Kier molecular flexibility index (Phi) is 6.03. The first kappa shape index (κ1) is 19.0. The molecule has 0 unspecified atom stereocenters. The number of hydrogen-bond donors (Lipinski definition) is 0. The maximum Gasteiger partial charge on any atom is 0.276 e. The van der Waals surface area contributed by atoms with E-state index in [9.17, 15) is 0 Å². The Balaban J connectivity index is 1.61. The second-order valence-electron chi connectivity index (χ2n) is 6.43. The summed E-state index contributed by atoms with van der Waals surface area (Å²) >= 11 is 6.33. The molecule has 0 aliphatic heterocycles. The van der Waals surface area contributed by atoms with Crippen LogP contribution in [0, 0.1) is 0 Å². The largest absolute Gasteiger partial charge is 0.483 e. The predicted octanol–water partition coefficient (Wildman–Crippen LogP) is 5.96. The average Bonchev–Trinajstić information content (AvgIpc) is 2.78. The van der Waals surface area contributed by atoms with Crippen molar-refractivity contribution < 1.29 is 9.47 Å². The lowest BCUT2D eigenvalue weighted by Gasteiger charge is -2.13. The van der Waals surface area contributed by atoms with Crippen LogP contribution >= 0.6 is 11.6 Å². The second-order valence-corrected chi connectivity index (χ2v) is 6.83. The van der Waals surface area contributed by atoms with Gasteiger partial charge in [-0.2, -0.15) is 0 Å². The third kappa shape index (κ3) is 4.92. The number of aromatic nitrogens is 2. The van der Waals surface area contributed by atoms with E-state index in [1.54, 1.807) is 0 Å². The van der Waals surface area contributed by atoms with Crippen molar-refractivity contribution in [3.05, 3.63) is 107 Å². The van der Waals surface area contributed by atoms with E-state index in [4.69, 9.17) is 21.1 Å². The zero-order chi connectivity index (χ0) is 19.9. The summed E-state index contributed by atoms with van der Waals surface area (Å²) in [6.45, 7) is 0.777. The fourth-order valence-corrected chi connectivity index (χ4v) is 3.06. The zero-order valence-electron chi connectivity index (χ0n) is 15.7. The standard InChI is InChI=1S/C24H19ClN2O2/c25-21-14-8-7-13-20(21)22-15-23(28-16-18-9-3-1-4-10-18)24(27-26-22)29-17-19-11-5-2-6-12-19/h1-15H,16-17H2. The number of halogens is 1. The molecular weight excluding hydrogens is 384 g/mol. The highest BCUT2D eigenvalue weighted by Gasteiger charge is 2.14. The Morgan fingerprint density at radius 1 is 0.655 bits per heavy atom. The van der Waals surface area contributed by atoms with Gasteiger partial charge in [0.25, 0.3) is 5.88 Å². The molecule has 4 aromatic rings. The summed E-state index contributed by atoms with van der Waals surface area (Å²) in [4.78, 5) is 0. The van der Waals surface area contributed by atoms with E-state index in [1.165, 1.54) is 0 Å². The molecule has 0 saturated carbocycles. The summed E-state index contributed by atoms with van der Waals surface area (Å²) in [7, 11) is 0. The molecule has 0 bridgehead atoms. The Hall–Kier alpha value is -3.37. The van der Waals surface area contributed by atoms with Gasteiger partial charge in [-0.3, -0.25) is 0 Å². The number of benzene rings is 3. The van der Waals surface area contributed by atoms with Crippen molar-refractivity contribution in [3.8, 4) is 22.9 Å². The van der Waals surface area contributed by atoms with Crippen molar-refractivity contribution >= 4 is 11.6 Å². The van der Waals surface area contributed by atoms with Gasteiger partial charge in [0.05, 0.1) is 10.7 Å². The number of hydrogen-bond acceptors (Lipinski definition) is 4. The summed E-state index contributed by atoms with van der Waals surface area (Å²) in [6, 6.07) is 29.2. The quantitative estimate of drug-likeness (QED) is 0.383. The fraction of sp³-hybridized carbons (Fsp3) is 0.0833. The van der Waals surface area contributed by atoms with Crippen LogP contribution in [0.3, 0.4) is 0 Å². The summed E-state index contributed by atoms with van der Waals surface area (Å²) < 4.78 is 11.9. The highest BCUT2D eigenvalue weighted by Crippen LogP contribution is 2.32. The molecule has 29 heavy (non-hydrogen) atoms. The number of nitrogens with zero attached hydrogens (tertiary/aromatic N) is 2. The molecule has 4 nitrogen and oxygen atoms in total. The van der Waals surface area contributed by atoms with Crippen LogP contribution in [0.25, 0.3) is 11.3 Å². The molecule has 144 valence electrons. The molecule has 0 N–H and O–H groups in total. The summed E-state index contributed by atoms with van der Waals surface area (Å²) in [5.41, 5.74) is 3.52. The van der Waals surface area contributed by atoms with Crippen molar-refractivity contribution in [3.63, 3.8) is 0 Å². The zero-order valence-corrected chi connectivity index (χ0v) is 16.4. The first-order valence-corrected chi connectivity index (χ1v) is 9.63. The SMILES string of the molecule is Clc1ccccc1-c1cc(OCc2ccccc2)c(OCc2ccccc2)nn1. The first-order valence-electron chi connectivity index (χ1n) is 9.25. The Labute approximate surface area is 174 Å². The van der Waals surface area contributed by atoms with Crippen molar-refractivity contribution in [1.29, 1.82) is 0 Å². The molecule has 1 heterocycles. The van der Waals surface area contributed by atoms with Crippen molar-refractivity contribution in [2.24, 2.45) is 0 Å². The summed E-state index contributed by atoms with van der Waals surface area (Å²) in [5, 5.41) is 9.17. The van der Waals surface area contributed by atoms with E-state index >= 15 is 0 Å². The lowest BCUT2D eigenvalue weighted by molar-refractivity contribution is 0.244. The van der Waals surface area contributed by atoms with Gasteiger partial charge in [0.1, 0.15) is 13.2 Å². The molecule has 0 atom stereocenters. The molecule has 0 fully saturated rings. The topological polar surface area (TPSA) is 44.2 Å². The Morgan fingerprint density at radius 3 is 1.90 bits per heavy atom. The highest BCUT2D eigenvalue weighted by atomic mass is 35.5. The van der Waals surface area contributed by atoms with Crippen LogP contribution in [-0.2, 0) is 13.2 Å². The molecule has 0 amide bonds. The molecule has 0 radical (unpaired) electrons. The molecule has 0 aliphatic rings. The molecular formula is C24H19ClN2O2. The smallest absolute Gasteiger partial charge is 0.276 e. The maximum absolute atomic E-state index is 6.33. The van der Waals surface area contributed by atoms with Crippen molar-refractivity contribution in [2.45, 2.75) is 13.2 Å². The van der Waals surface area contributed by atoms with Crippen LogP contribution in [0.4, 0.5) is 0 Å².